The van der Waals surface area contributed by atoms with Crippen LogP contribution in [0.1, 0.15) is 11.6 Å². The number of carbonyl (C=O) groups excluding carboxylic acids is 1. The van der Waals surface area contributed by atoms with Crippen molar-refractivity contribution in [2.75, 3.05) is 19.3 Å². The molecule has 0 spiro atoms. The summed E-state index contributed by atoms with van der Waals surface area (Å²) in [5, 5.41) is 2.49. The second-order valence-corrected chi connectivity index (χ2v) is 5.75. The van der Waals surface area contributed by atoms with Gasteiger partial charge in [0.2, 0.25) is 15.9 Å². The van der Waals surface area contributed by atoms with Crippen LogP contribution in [0.2, 0.25) is 0 Å². The highest BCUT2D eigenvalue weighted by atomic mass is 32.2. The number of benzene rings is 1. The Bertz CT molecular complexity index is 488. The summed E-state index contributed by atoms with van der Waals surface area (Å²) in [5.41, 5.74) is 6.43. The molecule has 1 atom stereocenters. The summed E-state index contributed by atoms with van der Waals surface area (Å²) < 4.78 is 24.4. The zero-order valence-electron chi connectivity index (χ0n) is 10.1. The molecule has 18 heavy (non-hydrogen) atoms. The average Bonchev–Trinajstić information content (AvgIpc) is 2.38. The van der Waals surface area contributed by atoms with Crippen molar-refractivity contribution in [2.24, 2.45) is 5.73 Å². The van der Waals surface area contributed by atoms with Crippen LogP contribution >= 0.6 is 0 Å². The molecule has 1 aromatic rings. The number of carbonyl (C=O) groups is 1. The molecule has 0 heterocycles. The molecule has 0 aliphatic rings. The van der Waals surface area contributed by atoms with Crippen molar-refractivity contribution in [3.05, 3.63) is 35.9 Å². The molecule has 4 N–H and O–H groups in total. The maximum atomic E-state index is 11.7. The average molecular weight is 271 g/mol. The first kappa shape index (κ1) is 14.6. The molecule has 0 fully saturated rings. The standard InChI is InChI=1S/C11H17N3O3S/c1-13-18(16,17)8-7-14-11(15)10(12)9-5-3-2-4-6-9/h2-6,10,13H,7-8,12H2,1H3,(H,14,15)/t10-/m0/s1. The molecule has 0 aromatic heterocycles. The van der Waals surface area contributed by atoms with E-state index in [0.717, 1.165) is 0 Å². The summed E-state index contributed by atoms with van der Waals surface area (Å²) in [6.45, 7) is 0.0303. The van der Waals surface area contributed by atoms with Gasteiger partial charge in [0.25, 0.3) is 0 Å². The molecule has 0 saturated carbocycles. The summed E-state index contributed by atoms with van der Waals surface area (Å²) >= 11 is 0. The van der Waals surface area contributed by atoms with Gasteiger partial charge in [-0.1, -0.05) is 30.3 Å². The van der Waals surface area contributed by atoms with E-state index in [0.29, 0.717) is 5.56 Å². The third-order valence-corrected chi connectivity index (χ3v) is 3.79. The zero-order valence-corrected chi connectivity index (χ0v) is 10.9. The molecule has 6 nitrogen and oxygen atoms in total. The van der Waals surface area contributed by atoms with Crippen LogP contribution in [0.3, 0.4) is 0 Å². The van der Waals surface area contributed by atoms with E-state index < -0.39 is 22.0 Å². The van der Waals surface area contributed by atoms with E-state index in [2.05, 4.69) is 10.0 Å². The minimum atomic E-state index is -3.31. The van der Waals surface area contributed by atoms with Crippen LogP contribution in [0.4, 0.5) is 0 Å². The molecule has 0 aliphatic heterocycles. The van der Waals surface area contributed by atoms with Gasteiger partial charge < -0.3 is 11.1 Å². The predicted octanol–water partition coefficient (Wildman–Crippen LogP) is -0.648. The fourth-order valence-corrected chi connectivity index (χ4v) is 1.91. The molecule has 0 radical (unpaired) electrons. The molecule has 1 rings (SSSR count). The van der Waals surface area contributed by atoms with E-state index >= 15 is 0 Å². The lowest BCUT2D eigenvalue weighted by atomic mass is 10.1. The molecule has 0 unspecified atom stereocenters. The molecule has 7 heteroatoms. The second-order valence-electron chi connectivity index (χ2n) is 3.70. The third-order valence-electron chi connectivity index (χ3n) is 2.42. The Morgan fingerprint density at radius 2 is 1.94 bits per heavy atom. The predicted molar refractivity (Wildman–Crippen MR) is 69.2 cm³/mol. The summed E-state index contributed by atoms with van der Waals surface area (Å²) in [6, 6.07) is 8.10. The normalized spacial score (nSPS) is 13.0. The molecule has 100 valence electrons. The molecular formula is C11H17N3O3S. The van der Waals surface area contributed by atoms with Gasteiger partial charge in [0.05, 0.1) is 5.75 Å². The van der Waals surface area contributed by atoms with E-state index in [1.54, 1.807) is 24.3 Å². The first-order valence-corrected chi connectivity index (χ1v) is 7.11. The van der Waals surface area contributed by atoms with Crippen molar-refractivity contribution in [2.45, 2.75) is 6.04 Å². The number of rotatable bonds is 6. The van der Waals surface area contributed by atoms with Gasteiger partial charge in [-0.25, -0.2) is 13.1 Å². The lowest BCUT2D eigenvalue weighted by molar-refractivity contribution is -0.122. The van der Waals surface area contributed by atoms with E-state index in [9.17, 15) is 13.2 Å². The third kappa shape index (κ3) is 4.44. The summed E-state index contributed by atoms with van der Waals surface area (Å²) in [6.07, 6.45) is 0. The maximum Gasteiger partial charge on any atom is 0.241 e. The van der Waals surface area contributed by atoms with Crippen LogP contribution in [-0.2, 0) is 14.8 Å². The first-order valence-electron chi connectivity index (χ1n) is 5.46. The Morgan fingerprint density at radius 3 is 2.50 bits per heavy atom. The van der Waals surface area contributed by atoms with E-state index in [-0.39, 0.29) is 12.3 Å². The Kier molecular flexibility index (Phi) is 5.26. The Hall–Kier alpha value is -1.44. The molecule has 1 amide bonds. The van der Waals surface area contributed by atoms with Gasteiger partial charge in [-0.15, -0.1) is 0 Å². The van der Waals surface area contributed by atoms with Gasteiger partial charge in [-0.2, -0.15) is 0 Å². The largest absolute Gasteiger partial charge is 0.353 e. The van der Waals surface area contributed by atoms with Crippen LogP contribution in [0.25, 0.3) is 0 Å². The fourth-order valence-electron chi connectivity index (χ4n) is 1.33. The molecule has 0 aliphatic carbocycles. The number of sulfonamides is 1. The molecular weight excluding hydrogens is 254 g/mol. The highest BCUT2D eigenvalue weighted by Crippen LogP contribution is 2.08. The zero-order chi connectivity index (χ0) is 13.6. The highest BCUT2D eigenvalue weighted by Gasteiger charge is 2.15. The number of nitrogens with two attached hydrogens (primary N) is 1. The van der Waals surface area contributed by atoms with Crippen molar-refractivity contribution in [3.63, 3.8) is 0 Å². The topological polar surface area (TPSA) is 101 Å². The maximum absolute atomic E-state index is 11.7. The van der Waals surface area contributed by atoms with Crippen LogP contribution in [-0.4, -0.2) is 33.7 Å². The van der Waals surface area contributed by atoms with Crippen LogP contribution in [0.5, 0.6) is 0 Å². The van der Waals surface area contributed by atoms with Crippen LogP contribution < -0.4 is 15.8 Å². The number of nitrogens with one attached hydrogen (secondary N) is 2. The minimum absolute atomic E-state index is 0.0303. The van der Waals surface area contributed by atoms with Gasteiger partial charge in [-0.05, 0) is 12.6 Å². The Balaban J connectivity index is 2.47. The Labute approximate surface area is 107 Å². The lowest BCUT2D eigenvalue weighted by Crippen LogP contribution is -2.38. The molecule has 1 aromatic carbocycles. The van der Waals surface area contributed by atoms with Gasteiger partial charge in [0.1, 0.15) is 6.04 Å². The highest BCUT2D eigenvalue weighted by molar-refractivity contribution is 7.89. The van der Waals surface area contributed by atoms with Crippen molar-refractivity contribution >= 4 is 15.9 Å². The fraction of sp³-hybridized carbons (Fsp3) is 0.364. The summed E-state index contributed by atoms with van der Waals surface area (Å²) in [4.78, 5) is 11.7. The van der Waals surface area contributed by atoms with Gasteiger partial charge in [-0.3, -0.25) is 4.79 Å². The van der Waals surface area contributed by atoms with Crippen molar-refractivity contribution < 1.29 is 13.2 Å². The molecule has 0 saturated heterocycles. The van der Waals surface area contributed by atoms with E-state index in [1.807, 2.05) is 6.07 Å². The van der Waals surface area contributed by atoms with Crippen molar-refractivity contribution in [3.8, 4) is 0 Å². The number of amides is 1. The van der Waals surface area contributed by atoms with Crippen molar-refractivity contribution in [1.82, 2.24) is 10.0 Å². The van der Waals surface area contributed by atoms with Gasteiger partial charge >= 0.3 is 0 Å². The van der Waals surface area contributed by atoms with E-state index in [1.165, 1.54) is 7.05 Å². The van der Waals surface area contributed by atoms with Crippen molar-refractivity contribution in [1.29, 1.82) is 0 Å². The number of hydrogen-bond acceptors (Lipinski definition) is 4. The summed E-state index contributed by atoms with van der Waals surface area (Å²) in [7, 11) is -1.98. The minimum Gasteiger partial charge on any atom is -0.353 e. The van der Waals surface area contributed by atoms with Crippen LogP contribution in [0.15, 0.2) is 30.3 Å². The number of hydrogen-bond donors (Lipinski definition) is 3. The summed E-state index contributed by atoms with van der Waals surface area (Å²) in [5.74, 6) is -0.566. The van der Waals surface area contributed by atoms with Crippen LogP contribution in [0, 0.1) is 0 Å². The van der Waals surface area contributed by atoms with E-state index in [4.69, 9.17) is 5.73 Å². The Morgan fingerprint density at radius 1 is 1.33 bits per heavy atom. The van der Waals surface area contributed by atoms with Gasteiger partial charge in [0.15, 0.2) is 0 Å². The van der Waals surface area contributed by atoms with Gasteiger partial charge in [0, 0.05) is 6.54 Å². The first-order chi connectivity index (χ1) is 8.46. The molecule has 0 bridgehead atoms. The quantitative estimate of drug-likeness (QED) is 0.640. The smallest absolute Gasteiger partial charge is 0.241 e. The SMILES string of the molecule is CNS(=O)(=O)CCNC(=O)[C@@H](N)c1ccccc1. The monoisotopic (exact) mass is 271 g/mol. The second kappa shape index (κ2) is 6.48. The lowest BCUT2D eigenvalue weighted by Gasteiger charge is -2.12.